The second kappa shape index (κ2) is 9.29. The van der Waals surface area contributed by atoms with Crippen LogP contribution in [-0.4, -0.2) is 0 Å². The molecule has 0 amide bonds. The van der Waals surface area contributed by atoms with Gasteiger partial charge in [-0.1, -0.05) is 67.6 Å². The van der Waals surface area contributed by atoms with Gasteiger partial charge in [-0.15, -0.1) is 9.13 Å². The fraction of sp³-hybridized carbons (Fsp3) is 0.185. The highest BCUT2D eigenvalue weighted by molar-refractivity contribution is 5.24. The summed E-state index contributed by atoms with van der Waals surface area (Å²) in [4.78, 5) is 0. The average molecular weight is 381 g/mol. The van der Waals surface area contributed by atoms with Crippen LogP contribution in [0.4, 0.5) is 0 Å². The van der Waals surface area contributed by atoms with Crippen molar-refractivity contribution in [1.82, 2.24) is 0 Å². The third-order valence-corrected chi connectivity index (χ3v) is 5.40. The molecule has 4 rings (SSSR count). The van der Waals surface area contributed by atoms with E-state index in [0.717, 1.165) is 19.3 Å². The minimum atomic E-state index is 0.284. The number of rotatable bonds is 7. The molecule has 4 aromatic rings. The molecule has 0 spiro atoms. The van der Waals surface area contributed by atoms with Crippen molar-refractivity contribution in [2.45, 2.75) is 32.4 Å². The van der Waals surface area contributed by atoms with Gasteiger partial charge in [-0.3, -0.25) is 0 Å². The zero-order valence-corrected chi connectivity index (χ0v) is 17.0. The van der Waals surface area contributed by atoms with E-state index in [1.54, 1.807) is 0 Å². The van der Waals surface area contributed by atoms with E-state index in [9.17, 15) is 0 Å². The quantitative estimate of drug-likeness (QED) is 0.403. The van der Waals surface area contributed by atoms with Gasteiger partial charge >= 0.3 is 6.17 Å². The van der Waals surface area contributed by atoms with Crippen LogP contribution >= 0.6 is 0 Å². The molecule has 0 bridgehead atoms. The zero-order chi connectivity index (χ0) is 19.9. The van der Waals surface area contributed by atoms with Gasteiger partial charge in [-0.2, -0.15) is 0 Å². The third-order valence-electron chi connectivity index (χ3n) is 5.40. The molecule has 2 heteroatoms. The summed E-state index contributed by atoms with van der Waals surface area (Å²) < 4.78 is 4.59. The summed E-state index contributed by atoms with van der Waals surface area (Å²) in [5.74, 6) is 0. The monoisotopic (exact) mass is 380 g/mol. The molecule has 0 saturated carbocycles. The highest BCUT2D eigenvalue weighted by Gasteiger charge is 2.24. The van der Waals surface area contributed by atoms with Crippen LogP contribution in [-0.2, 0) is 12.8 Å². The lowest BCUT2D eigenvalue weighted by atomic mass is 10.1. The standard InChI is InChI=1S/C27H28N2/c1-2-27(28-17-13-25(14-18-28)21-23-9-5-3-6-10-23)29-19-15-26(16-20-29)22-24-11-7-4-8-12-24/h3-20,27H,2,21-22H2,1H3/q+2. The first-order chi connectivity index (χ1) is 14.3. The maximum Gasteiger partial charge on any atom is 0.351 e. The Hall–Kier alpha value is -3.26. The number of benzene rings is 2. The number of hydrogen-bond donors (Lipinski definition) is 0. The van der Waals surface area contributed by atoms with E-state index in [1.165, 1.54) is 22.3 Å². The Balaban J connectivity index is 1.46. The van der Waals surface area contributed by atoms with Crippen LogP contribution in [0.1, 0.15) is 41.8 Å². The molecule has 0 atom stereocenters. The van der Waals surface area contributed by atoms with Gasteiger partial charge in [0.15, 0.2) is 24.8 Å². The van der Waals surface area contributed by atoms with E-state index >= 15 is 0 Å². The predicted molar refractivity (Wildman–Crippen MR) is 116 cm³/mol. The van der Waals surface area contributed by atoms with Gasteiger partial charge in [-0.05, 0) is 35.1 Å². The zero-order valence-electron chi connectivity index (χ0n) is 17.0. The van der Waals surface area contributed by atoms with Crippen molar-refractivity contribution in [3.8, 4) is 0 Å². The maximum absolute atomic E-state index is 2.30. The smallest absolute Gasteiger partial charge is 0.144 e. The average Bonchev–Trinajstić information content (AvgIpc) is 2.78. The van der Waals surface area contributed by atoms with E-state index in [0.29, 0.717) is 0 Å². The summed E-state index contributed by atoms with van der Waals surface area (Å²) in [6.45, 7) is 2.24. The normalized spacial score (nSPS) is 11.0. The minimum absolute atomic E-state index is 0.284. The highest BCUT2D eigenvalue weighted by atomic mass is 15.2. The van der Waals surface area contributed by atoms with E-state index < -0.39 is 0 Å². The van der Waals surface area contributed by atoms with Crippen molar-refractivity contribution >= 4 is 0 Å². The van der Waals surface area contributed by atoms with Gasteiger partial charge in [0.2, 0.25) is 0 Å². The number of hydrogen-bond acceptors (Lipinski definition) is 0. The van der Waals surface area contributed by atoms with Crippen molar-refractivity contribution in [3.05, 3.63) is 132 Å². The van der Waals surface area contributed by atoms with Crippen molar-refractivity contribution in [3.63, 3.8) is 0 Å². The lowest BCUT2D eigenvalue weighted by Gasteiger charge is -2.08. The van der Waals surface area contributed by atoms with Crippen LogP contribution in [0.25, 0.3) is 0 Å². The van der Waals surface area contributed by atoms with E-state index in [4.69, 9.17) is 0 Å². The van der Waals surface area contributed by atoms with Crippen LogP contribution in [0.15, 0.2) is 110 Å². The number of aromatic nitrogens is 2. The molecule has 0 radical (unpaired) electrons. The first kappa shape index (κ1) is 19.1. The maximum atomic E-state index is 2.30. The summed E-state index contributed by atoms with van der Waals surface area (Å²) in [5, 5.41) is 0. The van der Waals surface area contributed by atoms with Crippen LogP contribution in [0.3, 0.4) is 0 Å². The summed E-state index contributed by atoms with van der Waals surface area (Å²) in [5.41, 5.74) is 5.37. The van der Waals surface area contributed by atoms with Crippen LogP contribution in [0.2, 0.25) is 0 Å². The Morgan fingerprint density at radius 3 is 1.21 bits per heavy atom. The molecule has 2 aromatic carbocycles. The highest BCUT2D eigenvalue weighted by Crippen LogP contribution is 2.10. The Labute approximate surface area is 173 Å². The lowest BCUT2D eigenvalue weighted by molar-refractivity contribution is -0.945. The molecule has 29 heavy (non-hydrogen) atoms. The summed E-state index contributed by atoms with van der Waals surface area (Å²) in [6.07, 6.45) is 12.1. The largest absolute Gasteiger partial charge is 0.351 e. The molecule has 0 N–H and O–H groups in total. The van der Waals surface area contributed by atoms with Crippen molar-refractivity contribution < 1.29 is 9.13 Å². The Kier molecular flexibility index (Phi) is 6.11. The third kappa shape index (κ3) is 4.97. The molecule has 0 fully saturated rings. The molecule has 2 nitrogen and oxygen atoms in total. The number of nitrogens with zero attached hydrogens (tertiary/aromatic N) is 2. The first-order valence-electron chi connectivity index (χ1n) is 10.4. The molecule has 0 aliphatic carbocycles. The van der Waals surface area contributed by atoms with Gasteiger partial charge in [0.1, 0.15) is 0 Å². The Morgan fingerprint density at radius 1 is 0.517 bits per heavy atom. The van der Waals surface area contributed by atoms with Gasteiger partial charge in [0.25, 0.3) is 0 Å². The van der Waals surface area contributed by atoms with E-state index in [2.05, 4.69) is 126 Å². The Morgan fingerprint density at radius 2 is 0.862 bits per heavy atom. The first-order valence-corrected chi connectivity index (χ1v) is 10.4. The summed E-state index contributed by atoms with van der Waals surface area (Å²) >= 11 is 0. The van der Waals surface area contributed by atoms with E-state index in [1.807, 2.05) is 0 Å². The van der Waals surface area contributed by atoms with Crippen LogP contribution in [0.5, 0.6) is 0 Å². The Bertz CT molecular complexity index is 923. The topological polar surface area (TPSA) is 7.76 Å². The molecular formula is C27H28N2+2. The minimum Gasteiger partial charge on any atom is -0.144 e. The second-order valence-corrected chi connectivity index (χ2v) is 7.52. The molecule has 0 unspecified atom stereocenters. The molecular weight excluding hydrogens is 352 g/mol. The fourth-order valence-corrected chi connectivity index (χ4v) is 3.81. The lowest BCUT2D eigenvalue weighted by Crippen LogP contribution is -2.56. The van der Waals surface area contributed by atoms with Crippen LogP contribution in [0, 0.1) is 0 Å². The second-order valence-electron chi connectivity index (χ2n) is 7.52. The molecule has 2 heterocycles. The molecule has 2 aromatic heterocycles. The van der Waals surface area contributed by atoms with Gasteiger partial charge in [-0.25, -0.2) is 0 Å². The van der Waals surface area contributed by atoms with Crippen molar-refractivity contribution in [2.24, 2.45) is 0 Å². The van der Waals surface area contributed by atoms with Gasteiger partial charge in [0.05, 0.1) is 6.42 Å². The van der Waals surface area contributed by atoms with Crippen molar-refractivity contribution in [2.75, 3.05) is 0 Å². The molecule has 0 saturated heterocycles. The SMILES string of the molecule is CCC([n+]1ccc(Cc2ccccc2)cc1)[n+]1ccc(Cc2ccccc2)cc1. The molecule has 144 valence electrons. The number of pyridine rings is 2. The molecule has 0 aliphatic heterocycles. The van der Waals surface area contributed by atoms with Crippen LogP contribution < -0.4 is 9.13 Å². The van der Waals surface area contributed by atoms with Gasteiger partial charge in [0, 0.05) is 24.3 Å². The summed E-state index contributed by atoms with van der Waals surface area (Å²) in [7, 11) is 0. The van der Waals surface area contributed by atoms with Gasteiger partial charge < -0.3 is 0 Å². The fourth-order valence-electron chi connectivity index (χ4n) is 3.81. The van der Waals surface area contributed by atoms with Crippen molar-refractivity contribution in [1.29, 1.82) is 0 Å². The predicted octanol–water partition coefficient (Wildman–Crippen LogP) is 4.90. The summed E-state index contributed by atoms with van der Waals surface area (Å²) in [6, 6.07) is 30.2. The molecule has 0 aliphatic rings. The van der Waals surface area contributed by atoms with E-state index in [-0.39, 0.29) is 6.17 Å².